The largest absolute Gasteiger partial charge is 0.416 e. The Labute approximate surface area is 131 Å². The number of aliphatic hydroxyl groups is 1. The zero-order valence-electron chi connectivity index (χ0n) is 12.4. The number of alkyl halides is 3. The summed E-state index contributed by atoms with van der Waals surface area (Å²) in [4.78, 5) is 12.0. The minimum Gasteiger partial charge on any atom is -0.387 e. The normalized spacial score (nSPS) is 14.3. The van der Waals surface area contributed by atoms with Crippen LogP contribution in [0.4, 0.5) is 13.2 Å². The molecule has 7 heteroatoms. The zero-order chi connectivity index (χ0) is 17.0. The molecule has 2 unspecified atom stereocenters. The smallest absolute Gasteiger partial charge is 0.387 e. The van der Waals surface area contributed by atoms with Gasteiger partial charge in [0.15, 0.2) is 0 Å². The van der Waals surface area contributed by atoms with E-state index in [9.17, 15) is 23.1 Å². The molecule has 0 aliphatic heterocycles. The van der Waals surface area contributed by atoms with Gasteiger partial charge in [-0.2, -0.15) is 13.2 Å². The third kappa shape index (κ3) is 4.35. The number of hydrogen-bond donors (Lipinski definition) is 2. The Kier molecular flexibility index (Phi) is 5.10. The molecular formula is C16H17F3N2O2. The minimum absolute atomic E-state index is 0.105. The van der Waals surface area contributed by atoms with Gasteiger partial charge in [-0.15, -0.1) is 0 Å². The molecular weight excluding hydrogens is 309 g/mol. The highest BCUT2D eigenvalue weighted by molar-refractivity contribution is 5.79. The molecule has 1 aromatic heterocycles. The second-order valence-corrected chi connectivity index (χ2v) is 5.19. The second kappa shape index (κ2) is 6.87. The van der Waals surface area contributed by atoms with Gasteiger partial charge in [-0.05, 0) is 36.8 Å². The number of aliphatic hydroxyl groups excluding tert-OH is 1. The van der Waals surface area contributed by atoms with E-state index in [-0.39, 0.29) is 18.0 Å². The van der Waals surface area contributed by atoms with Gasteiger partial charge in [0, 0.05) is 18.9 Å². The summed E-state index contributed by atoms with van der Waals surface area (Å²) >= 11 is 0. The molecule has 4 nitrogen and oxygen atoms in total. The van der Waals surface area contributed by atoms with Crippen LogP contribution in [0.3, 0.4) is 0 Å². The first-order chi connectivity index (χ1) is 10.8. The lowest BCUT2D eigenvalue weighted by Gasteiger charge is -2.17. The molecule has 0 spiro atoms. The van der Waals surface area contributed by atoms with Crippen molar-refractivity contribution in [1.82, 2.24) is 9.88 Å². The van der Waals surface area contributed by atoms with Crippen LogP contribution >= 0.6 is 0 Å². The highest BCUT2D eigenvalue weighted by Gasteiger charge is 2.30. The summed E-state index contributed by atoms with van der Waals surface area (Å²) in [6.45, 7) is 1.53. The van der Waals surface area contributed by atoms with Crippen molar-refractivity contribution in [2.24, 2.45) is 0 Å². The van der Waals surface area contributed by atoms with E-state index in [2.05, 4.69) is 5.32 Å². The lowest BCUT2D eigenvalue weighted by Crippen LogP contribution is -2.33. The lowest BCUT2D eigenvalue weighted by atomic mass is 10.1. The van der Waals surface area contributed by atoms with Gasteiger partial charge in [0.1, 0.15) is 6.04 Å². The van der Waals surface area contributed by atoms with Gasteiger partial charge >= 0.3 is 6.18 Å². The summed E-state index contributed by atoms with van der Waals surface area (Å²) in [5, 5.41) is 12.5. The number of aromatic nitrogens is 1. The van der Waals surface area contributed by atoms with E-state index >= 15 is 0 Å². The summed E-state index contributed by atoms with van der Waals surface area (Å²) in [5.74, 6) is -0.327. The Bertz CT molecular complexity index is 654. The molecule has 0 bridgehead atoms. The predicted molar refractivity (Wildman–Crippen MR) is 78.6 cm³/mol. The maximum Gasteiger partial charge on any atom is 0.416 e. The van der Waals surface area contributed by atoms with Crippen LogP contribution in [-0.4, -0.2) is 22.1 Å². The van der Waals surface area contributed by atoms with Gasteiger partial charge in [-0.25, -0.2) is 0 Å². The molecule has 0 saturated heterocycles. The van der Waals surface area contributed by atoms with Gasteiger partial charge in [0.05, 0.1) is 11.7 Å². The minimum atomic E-state index is -4.47. The molecule has 1 heterocycles. The number of benzene rings is 1. The third-order valence-corrected chi connectivity index (χ3v) is 3.52. The Morgan fingerprint density at radius 3 is 2.52 bits per heavy atom. The Morgan fingerprint density at radius 2 is 1.91 bits per heavy atom. The summed E-state index contributed by atoms with van der Waals surface area (Å²) < 4.78 is 39.6. The quantitative estimate of drug-likeness (QED) is 0.888. The third-order valence-electron chi connectivity index (χ3n) is 3.52. The zero-order valence-corrected chi connectivity index (χ0v) is 12.4. The van der Waals surface area contributed by atoms with E-state index in [1.165, 1.54) is 12.1 Å². The van der Waals surface area contributed by atoms with Crippen molar-refractivity contribution in [2.45, 2.75) is 25.2 Å². The fraction of sp³-hybridized carbons (Fsp3) is 0.312. The average molecular weight is 326 g/mol. The van der Waals surface area contributed by atoms with E-state index in [0.29, 0.717) is 0 Å². The molecule has 2 atom stereocenters. The number of amides is 1. The van der Waals surface area contributed by atoms with Gasteiger partial charge in [0.25, 0.3) is 0 Å². The Morgan fingerprint density at radius 1 is 1.26 bits per heavy atom. The number of carbonyl (C=O) groups is 1. The first-order valence-electron chi connectivity index (χ1n) is 7.04. The van der Waals surface area contributed by atoms with Crippen molar-refractivity contribution < 1.29 is 23.1 Å². The molecule has 0 aliphatic carbocycles. The molecule has 0 fully saturated rings. The first-order valence-corrected chi connectivity index (χ1v) is 7.04. The van der Waals surface area contributed by atoms with Gasteiger partial charge < -0.3 is 15.0 Å². The molecule has 23 heavy (non-hydrogen) atoms. The summed E-state index contributed by atoms with van der Waals surface area (Å²) in [6, 6.07) is 7.52. The SMILES string of the molecule is CC(C(=O)NCC(O)c1cccc(C(F)(F)F)c1)n1cccc1. The molecule has 0 aliphatic rings. The van der Waals surface area contributed by atoms with Gasteiger partial charge in [0.2, 0.25) is 5.91 Å². The predicted octanol–water partition coefficient (Wildman–Crippen LogP) is 2.92. The standard InChI is InChI=1S/C16H17F3N2O2/c1-11(21-7-2-3-8-21)15(23)20-10-14(22)12-5-4-6-13(9-12)16(17,18)19/h2-9,11,14,22H,10H2,1H3,(H,20,23). The lowest BCUT2D eigenvalue weighted by molar-refractivity contribution is -0.137. The fourth-order valence-corrected chi connectivity index (χ4v) is 2.13. The monoisotopic (exact) mass is 326 g/mol. The average Bonchev–Trinajstić information content (AvgIpc) is 3.05. The number of halogens is 3. The Balaban J connectivity index is 1.97. The Hall–Kier alpha value is -2.28. The van der Waals surface area contributed by atoms with Crippen LogP contribution in [0.1, 0.15) is 30.2 Å². The van der Waals surface area contributed by atoms with Crippen molar-refractivity contribution in [3.63, 3.8) is 0 Å². The molecule has 1 amide bonds. The molecule has 0 radical (unpaired) electrons. The van der Waals surface area contributed by atoms with Crippen LogP contribution in [0, 0.1) is 0 Å². The van der Waals surface area contributed by atoms with Crippen LogP contribution in [0.5, 0.6) is 0 Å². The second-order valence-electron chi connectivity index (χ2n) is 5.19. The molecule has 2 N–H and O–H groups in total. The summed E-state index contributed by atoms with van der Waals surface area (Å²) in [6.07, 6.45) is -2.22. The highest BCUT2D eigenvalue weighted by atomic mass is 19.4. The van der Waals surface area contributed by atoms with E-state index < -0.39 is 23.9 Å². The maximum absolute atomic E-state index is 12.7. The summed E-state index contributed by atoms with van der Waals surface area (Å²) in [7, 11) is 0. The van der Waals surface area contributed by atoms with E-state index in [4.69, 9.17) is 0 Å². The number of rotatable bonds is 5. The van der Waals surface area contributed by atoms with Crippen molar-refractivity contribution >= 4 is 5.91 Å². The van der Waals surface area contributed by atoms with Crippen molar-refractivity contribution in [3.05, 3.63) is 59.9 Å². The van der Waals surface area contributed by atoms with Crippen molar-refractivity contribution in [2.75, 3.05) is 6.54 Å². The van der Waals surface area contributed by atoms with E-state index in [0.717, 1.165) is 12.1 Å². The highest BCUT2D eigenvalue weighted by Crippen LogP contribution is 2.30. The number of carbonyl (C=O) groups excluding carboxylic acids is 1. The van der Waals surface area contributed by atoms with E-state index in [1.807, 2.05) is 0 Å². The number of nitrogens with one attached hydrogen (secondary N) is 1. The van der Waals surface area contributed by atoms with Crippen LogP contribution in [0.25, 0.3) is 0 Å². The summed E-state index contributed by atoms with van der Waals surface area (Å²) in [5.41, 5.74) is -0.727. The van der Waals surface area contributed by atoms with Gasteiger partial charge in [-0.3, -0.25) is 4.79 Å². The topological polar surface area (TPSA) is 54.3 Å². The van der Waals surface area contributed by atoms with Crippen LogP contribution < -0.4 is 5.32 Å². The van der Waals surface area contributed by atoms with Crippen molar-refractivity contribution in [1.29, 1.82) is 0 Å². The molecule has 0 saturated carbocycles. The fourth-order valence-electron chi connectivity index (χ4n) is 2.13. The van der Waals surface area contributed by atoms with Crippen LogP contribution in [0.15, 0.2) is 48.8 Å². The van der Waals surface area contributed by atoms with Crippen molar-refractivity contribution in [3.8, 4) is 0 Å². The number of hydrogen-bond acceptors (Lipinski definition) is 2. The first kappa shape index (κ1) is 17.1. The van der Waals surface area contributed by atoms with Crippen LogP contribution in [0.2, 0.25) is 0 Å². The molecule has 2 aromatic rings. The van der Waals surface area contributed by atoms with E-state index in [1.54, 1.807) is 36.0 Å². The maximum atomic E-state index is 12.7. The molecule has 124 valence electrons. The van der Waals surface area contributed by atoms with Crippen LogP contribution in [-0.2, 0) is 11.0 Å². The van der Waals surface area contributed by atoms with Gasteiger partial charge in [-0.1, -0.05) is 12.1 Å². The molecule has 1 aromatic carbocycles. The number of nitrogens with zero attached hydrogens (tertiary/aromatic N) is 1. The molecule has 2 rings (SSSR count).